The Hall–Kier alpha value is -2.56. The normalized spacial score (nSPS) is 20.1. The Kier molecular flexibility index (Phi) is 4.03. The lowest BCUT2D eigenvalue weighted by molar-refractivity contribution is 0.0766. The number of aryl methyl sites for hydroxylation is 1. The number of aromatic nitrogens is 1. The van der Waals surface area contributed by atoms with Gasteiger partial charge in [-0.25, -0.2) is 4.98 Å². The molecule has 2 aromatic rings. The summed E-state index contributed by atoms with van der Waals surface area (Å²) in [5.41, 5.74) is 2.86. The zero-order valence-electron chi connectivity index (χ0n) is 15.7. The first-order valence-electron chi connectivity index (χ1n) is 9.97. The van der Waals surface area contributed by atoms with E-state index in [4.69, 9.17) is 9.72 Å². The number of hydrogen-bond acceptors (Lipinski definition) is 4. The van der Waals surface area contributed by atoms with E-state index in [2.05, 4.69) is 17.9 Å². The molecule has 0 bridgehead atoms. The molecule has 1 aliphatic carbocycles. The first kappa shape index (κ1) is 16.6. The molecule has 1 saturated carbocycles. The van der Waals surface area contributed by atoms with E-state index in [1.54, 1.807) is 0 Å². The summed E-state index contributed by atoms with van der Waals surface area (Å²) in [5.74, 6) is 2.16. The van der Waals surface area contributed by atoms with Gasteiger partial charge in [0.25, 0.3) is 5.91 Å². The van der Waals surface area contributed by atoms with Gasteiger partial charge in [0.15, 0.2) is 0 Å². The van der Waals surface area contributed by atoms with Gasteiger partial charge in [-0.1, -0.05) is 18.2 Å². The van der Waals surface area contributed by atoms with E-state index in [0.717, 1.165) is 67.2 Å². The molecule has 2 aliphatic heterocycles. The molecule has 140 valence electrons. The van der Waals surface area contributed by atoms with Crippen molar-refractivity contribution in [3.63, 3.8) is 0 Å². The minimum absolute atomic E-state index is 0.171. The molecule has 5 nitrogen and oxygen atoms in total. The van der Waals surface area contributed by atoms with Crippen molar-refractivity contribution in [3.05, 3.63) is 53.2 Å². The van der Waals surface area contributed by atoms with Gasteiger partial charge in [0.1, 0.15) is 17.7 Å². The lowest BCUT2D eigenvalue weighted by atomic mass is 10.1. The van der Waals surface area contributed by atoms with Gasteiger partial charge in [-0.05, 0) is 43.5 Å². The molecule has 0 spiro atoms. The van der Waals surface area contributed by atoms with Crippen LogP contribution >= 0.6 is 0 Å². The predicted octanol–water partition coefficient (Wildman–Crippen LogP) is 3.56. The fourth-order valence-electron chi connectivity index (χ4n) is 4.21. The third-order valence-corrected chi connectivity index (χ3v) is 5.85. The van der Waals surface area contributed by atoms with Crippen LogP contribution < -0.4 is 9.64 Å². The van der Waals surface area contributed by atoms with Crippen LogP contribution in [-0.2, 0) is 6.54 Å². The van der Waals surface area contributed by atoms with Gasteiger partial charge in [-0.2, -0.15) is 0 Å². The summed E-state index contributed by atoms with van der Waals surface area (Å²) in [4.78, 5) is 21.9. The Morgan fingerprint density at radius 3 is 2.52 bits per heavy atom. The molecule has 0 N–H and O–H groups in total. The van der Waals surface area contributed by atoms with E-state index in [9.17, 15) is 4.79 Å². The van der Waals surface area contributed by atoms with Crippen molar-refractivity contribution >= 4 is 11.7 Å². The minimum atomic E-state index is 0.171. The number of benzene rings is 1. The average molecular weight is 363 g/mol. The number of nitrogens with zero attached hydrogens (tertiary/aromatic N) is 3. The average Bonchev–Trinajstić information content (AvgIpc) is 3.48. The van der Waals surface area contributed by atoms with E-state index in [-0.39, 0.29) is 12.0 Å². The van der Waals surface area contributed by atoms with Gasteiger partial charge >= 0.3 is 0 Å². The third-order valence-electron chi connectivity index (χ3n) is 5.85. The summed E-state index contributed by atoms with van der Waals surface area (Å²) in [7, 11) is 0. The number of amides is 1. The molecule has 1 saturated heterocycles. The highest BCUT2D eigenvalue weighted by Crippen LogP contribution is 2.36. The second-order valence-corrected chi connectivity index (χ2v) is 7.90. The van der Waals surface area contributed by atoms with Crippen molar-refractivity contribution in [1.29, 1.82) is 0 Å². The molecule has 0 unspecified atom stereocenters. The Balaban J connectivity index is 1.28. The molecule has 0 atom stereocenters. The number of ether oxygens (including phenoxy) is 1. The van der Waals surface area contributed by atoms with Gasteiger partial charge in [0.05, 0.1) is 17.8 Å². The van der Waals surface area contributed by atoms with Crippen LogP contribution in [0, 0.1) is 6.92 Å². The standard InChI is InChI=1S/C22H25N3O2/c1-15-13-19-20(14-25(22(19)26)16-7-8-16)23-21(15)24-11-9-18(10-12-24)27-17-5-3-2-4-6-17/h2-6,13,16,18H,7-12,14H2,1H3. The van der Waals surface area contributed by atoms with Gasteiger partial charge in [0.2, 0.25) is 0 Å². The molecule has 3 heterocycles. The van der Waals surface area contributed by atoms with E-state index in [0.29, 0.717) is 12.6 Å². The SMILES string of the molecule is Cc1cc2c(nc1N1CCC(Oc3ccccc3)CC1)CN(C1CC1)C2=O. The zero-order valence-corrected chi connectivity index (χ0v) is 15.7. The third kappa shape index (κ3) is 3.15. The van der Waals surface area contributed by atoms with Crippen molar-refractivity contribution in [1.82, 2.24) is 9.88 Å². The number of rotatable bonds is 4. The smallest absolute Gasteiger partial charge is 0.256 e. The highest BCUT2D eigenvalue weighted by Gasteiger charge is 2.39. The second-order valence-electron chi connectivity index (χ2n) is 7.90. The number of carbonyl (C=O) groups is 1. The maximum absolute atomic E-state index is 12.6. The summed E-state index contributed by atoms with van der Waals surface area (Å²) in [5, 5.41) is 0. The fraction of sp³-hybridized carbons (Fsp3) is 0.455. The van der Waals surface area contributed by atoms with Gasteiger partial charge < -0.3 is 14.5 Å². The van der Waals surface area contributed by atoms with Crippen molar-refractivity contribution in [2.24, 2.45) is 0 Å². The van der Waals surface area contributed by atoms with Crippen molar-refractivity contribution in [3.8, 4) is 5.75 Å². The summed E-state index contributed by atoms with van der Waals surface area (Å²) in [6.45, 7) is 4.62. The molecule has 5 rings (SSSR count). The van der Waals surface area contributed by atoms with Crippen molar-refractivity contribution in [2.45, 2.75) is 51.3 Å². The van der Waals surface area contributed by atoms with Crippen molar-refractivity contribution < 1.29 is 9.53 Å². The molecule has 3 aliphatic rings. The second kappa shape index (κ2) is 6.55. The van der Waals surface area contributed by atoms with Crippen LogP contribution in [0.3, 0.4) is 0 Å². The van der Waals surface area contributed by atoms with E-state index in [1.807, 2.05) is 35.2 Å². The van der Waals surface area contributed by atoms with Crippen LogP contribution in [0.15, 0.2) is 36.4 Å². The monoisotopic (exact) mass is 363 g/mol. The zero-order chi connectivity index (χ0) is 18.4. The first-order valence-corrected chi connectivity index (χ1v) is 9.97. The number of carbonyl (C=O) groups excluding carboxylic acids is 1. The van der Waals surface area contributed by atoms with Crippen LogP contribution in [0.1, 0.15) is 47.3 Å². The summed E-state index contributed by atoms with van der Waals surface area (Å²) >= 11 is 0. The van der Waals surface area contributed by atoms with Crippen molar-refractivity contribution in [2.75, 3.05) is 18.0 Å². The Labute approximate surface area is 159 Å². The highest BCUT2D eigenvalue weighted by atomic mass is 16.5. The van der Waals surface area contributed by atoms with Gasteiger partial charge in [-0.15, -0.1) is 0 Å². The topological polar surface area (TPSA) is 45.7 Å². The summed E-state index contributed by atoms with van der Waals surface area (Å²) in [6.07, 6.45) is 4.51. The van der Waals surface area contributed by atoms with E-state index < -0.39 is 0 Å². The fourth-order valence-corrected chi connectivity index (χ4v) is 4.21. The molecule has 1 amide bonds. The Morgan fingerprint density at radius 1 is 1.07 bits per heavy atom. The largest absolute Gasteiger partial charge is 0.490 e. The molecule has 5 heteroatoms. The Bertz CT molecular complexity index is 855. The molecule has 1 aromatic carbocycles. The number of piperidine rings is 1. The van der Waals surface area contributed by atoms with Crippen LogP contribution in [0.25, 0.3) is 0 Å². The lowest BCUT2D eigenvalue weighted by Crippen LogP contribution is -2.39. The molecular formula is C22H25N3O2. The minimum Gasteiger partial charge on any atom is -0.490 e. The number of anilines is 1. The first-order chi connectivity index (χ1) is 13.2. The highest BCUT2D eigenvalue weighted by molar-refractivity contribution is 5.98. The molecule has 2 fully saturated rings. The maximum atomic E-state index is 12.6. The van der Waals surface area contributed by atoms with E-state index >= 15 is 0 Å². The van der Waals surface area contributed by atoms with Crippen LogP contribution in [0.2, 0.25) is 0 Å². The van der Waals surface area contributed by atoms with E-state index in [1.165, 1.54) is 0 Å². The number of pyridine rings is 1. The molecule has 1 aromatic heterocycles. The number of hydrogen-bond donors (Lipinski definition) is 0. The van der Waals surface area contributed by atoms with Gasteiger partial charge in [-0.3, -0.25) is 4.79 Å². The Morgan fingerprint density at radius 2 is 1.81 bits per heavy atom. The number of fused-ring (bicyclic) bond motifs is 1. The maximum Gasteiger partial charge on any atom is 0.256 e. The molecular weight excluding hydrogens is 338 g/mol. The lowest BCUT2D eigenvalue weighted by Gasteiger charge is -2.34. The summed E-state index contributed by atoms with van der Waals surface area (Å²) in [6, 6.07) is 12.6. The number of para-hydroxylation sites is 1. The summed E-state index contributed by atoms with van der Waals surface area (Å²) < 4.78 is 6.11. The molecule has 0 radical (unpaired) electrons. The van der Waals surface area contributed by atoms with Crippen LogP contribution in [0.5, 0.6) is 5.75 Å². The van der Waals surface area contributed by atoms with Crippen LogP contribution in [0.4, 0.5) is 5.82 Å². The quantitative estimate of drug-likeness (QED) is 0.833. The van der Waals surface area contributed by atoms with Gasteiger partial charge in [0, 0.05) is 32.0 Å². The predicted molar refractivity (Wildman–Crippen MR) is 104 cm³/mol. The van der Waals surface area contributed by atoms with Crippen LogP contribution in [-0.4, -0.2) is 41.0 Å². The molecule has 27 heavy (non-hydrogen) atoms.